The van der Waals surface area contributed by atoms with Crippen molar-refractivity contribution in [2.75, 3.05) is 6.61 Å². The van der Waals surface area contributed by atoms with E-state index in [0.29, 0.717) is 6.61 Å². The van der Waals surface area contributed by atoms with Gasteiger partial charge in [0.2, 0.25) is 0 Å². The van der Waals surface area contributed by atoms with E-state index < -0.39 is 0 Å². The van der Waals surface area contributed by atoms with Crippen LogP contribution in [0.2, 0.25) is 0 Å². The Labute approximate surface area is 93.9 Å². The highest BCUT2D eigenvalue weighted by Gasteiger charge is 2.00. The summed E-state index contributed by atoms with van der Waals surface area (Å²) in [7, 11) is 0. The van der Waals surface area contributed by atoms with E-state index in [4.69, 9.17) is 10.00 Å². The van der Waals surface area contributed by atoms with Crippen molar-refractivity contribution in [3.63, 3.8) is 0 Å². The van der Waals surface area contributed by atoms with Gasteiger partial charge in [0.15, 0.2) is 0 Å². The fraction of sp³-hybridized carbons (Fsp3) is 0.769. The van der Waals surface area contributed by atoms with Crippen molar-refractivity contribution in [2.24, 2.45) is 0 Å². The summed E-state index contributed by atoms with van der Waals surface area (Å²) in [6.07, 6.45) is 11.0. The van der Waals surface area contributed by atoms with Crippen LogP contribution >= 0.6 is 0 Å². The Morgan fingerprint density at radius 3 is 2.60 bits per heavy atom. The Kier molecular flexibility index (Phi) is 10.7. The van der Waals surface area contributed by atoms with Gasteiger partial charge in [-0.3, -0.25) is 0 Å². The zero-order valence-electron chi connectivity index (χ0n) is 10.0. The van der Waals surface area contributed by atoms with Crippen molar-refractivity contribution in [1.82, 2.24) is 0 Å². The van der Waals surface area contributed by atoms with Crippen molar-refractivity contribution in [1.29, 1.82) is 5.26 Å². The second-order valence-electron chi connectivity index (χ2n) is 3.68. The van der Waals surface area contributed by atoms with Crippen molar-refractivity contribution in [3.05, 3.63) is 12.2 Å². The average Bonchev–Trinajstić information content (AvgIpc) is 2.27. The van der Waals surface area contributed by atoms with Crippen LogP contribution in [0.5, 0.6) is 0 Å². The first-order valence-corrected chi connectivity index (χ1v) is 6.01. The number of nitrogens with zero attached hydrogens (tertiary/aromatic N) is 1. The van der Waals surface area contributed by atoms with E-state index >= 15 is 0 Å². The Bertz CT molecular complexity index is 193. The van der Waals surface area contributed by atoms with Crippen molar-refractivity contribution in [3.8, 4) is 6.07 Å². The third kappa shape index (κ3) is 9.49. The van der Waals surface area contributed by atoms with Crippen molar-refractivity contribution < 1.29 is 4.74 Å². The van der Waals surface area contributed by atoms with Crippen LogP contribution in [-0.4, -0.2) is 12.7 Å². The zero-order chi connectivity index (χ0) is 11.4. The number of ether oxygens (including phenoxy) is 1. The van der Waals surface area contributed by atoms with Crippen LogP contribution in [0.15, 0.2) is 12.2 Å². The molecule has 86 valence electrons. The minimum atomic E-state index is -0.241. The van der Waals surface area contributed by atoms with Gasteiger partial charge in [0.25, 0.3) is 0 Å². The predicted octanol–water partition coefficient (Wildman–Crippen LogP) is 3.83. The minimum Gasteiger partial charge on any atom is -0.359 e. The molecule has 1 atom stereocenters. The third-order valence-electron chi connectivity index (χ3n) is 2.30. The Morgan fingerprint density at radius 2 is 2.00 bits per heavy atom. The highest BCUT2D eigenvalue weighted by molar-refractivity contribution is 4.86. The largest absolute Gasteiger partial charge is 0.359 e. The summed E-state index contributed by atoms with van der Waals surface area (Å²) in [6.45, 7) is 4.75. The number of unbranched alkanes of at least 4 members (excludes halogenated alkanes) is 4. The van der Waals surface area contributed by atoms with Gasteiger partial charge in [-0.2, -0.15) is 5.26 Å². The van der Waals surface area contributed by atoms with E-state index in [1.807, 2.05) is 13.0 Å². The van der Waals surface area contributed by atoms with E-state index in [9.17, 15) is 0 Å². The molecule has 1 unspecified atom stereocenters. The van der Waals surface area contributed by atoms with Gasteiger partial charge in [-0.15, -0.1) is 0 Å². The van der Waals surface area contributed by atoms with Gasteiger partial charge in [-0.25, -0.2) is 0 Å². The number of hydrogen-bond donors (Lipinski definition) is 0. The summed E-state index contributed by atoms with van der Waals surface area (Å²) in [4.78, 5) is 0. The molecule has 0 N–H and O–H groups in total. The van der Waals surface area contributed by atoms with Crippen LogP contribution in [0.3, 0.4) is 0 Å². The molecule has 0 fully saturated rings. The summed E-state index contributed by atoms with van der Waals surface area (Å²) in [6, 6.07) is 2.11. The molecule has 0 aromatic carbocycles. The van der Waals surface area contributed by atoms with Gasteiger partial charge in [-0.1, -0.05) is 45.3 Å². The zero-order valence-corrected chi connectivity index (χ0v) is 10.0. The SMILES string of the molecule is CCCCCC/C=C\COC(C#N)CC. The average molecular weight is 209 g/mol. The molecule has 0 aliphatic heterocycles. The first-order valence-electron chi connectivity index (χ1n) is 6.01. The summed E-state index contributed by atoms with van der Waals surface area (Å²) in [5.41, 5.74) is 0. The number of allylic oxidation sites excluding steroid dienone is 1. The topological polar surface area (TPSA) is 33.0 Å². The standard InChI is InChI=1S/C13H23NO/c1-3-5-6-7-8-9-10-11-15-13(4-2)12-14/h9-10,13H,3-8,11H2,1-2H3/b10-9-. The molecule has 0 radical (unpaired) electrons. The van der Waals surface area contributed by atoms with Gasteiger partial charge in [0.1, 0.15) is 6.10 Å². The Balaban J connectivity index is 3.28. The first kappa shape index (κ1) is 14.2. The minimum absolute atomic E-state index is 0.241. The quantitative estimate of drug-likeness (QED) is 0.427. The molecule has 0 saturated heterocycles. The lowest BCUT2D eigenvalue weighted by Crippen LogP contribution is -2.08. The lowest BCUT2D eigenvalue weighted by atomic mass is 10.1. The smallest absolute Gasteiger partial charge is 0.144 e. The lowest BCUT2D eigenvalue weighted by molar-refractivity contribution is 0.112. The molecule has 0 aliphatic carbocycles. The van der Waals surface area contributed by atoms with Gasteiger partial charge in [0, 0.05) is 0 Å². The Morgan fingerprint density at radius 1 is 1.20 bits per heavy atom. The van der Waals surface area contributed by atoms with E-state index in [0.717, 1.165) is 12.8 Å². The number of nitriles is 1. The molecule has 0 spiro atoms. The van der Waals surface area contributed by atoms with E-state index in [1.54, 1.807) is 0 Å². The fourth-order valence-electron chi connectivity index (χ4n) is 1.29. The molecular weight excluding hydrogens is 186 g/mol. The van der Waals surface area contributed by atoms with Crippen LogP contribution in [0.25, 0.3) is 0 Å². The monoisotopic (exact) mass is 209 g/mol. The van der Waals surface area contributed by atoms with Gasteiger partial charge >= 0.3 is 0 Å². The second-order valence-corrected chi connectivity index (χ2v) is 3.68. The van der Waals surface area contributed by atoms with Gasteiger partial charge in [-0.05, 0) is 19.3 Å². The summed E-state index contributed by atoms with van der Waals surface area (Å²) < 4.78 is 5.32. The molecule has 15 heavy (non-hydrogen) atoms. The lowest BCUT2D eigenvalue weighted by Gasteiger charge is -2.04. The van der Waals surface area contributed by atoms with Gasteiger partial charge < -0.3 is 4.74 Å². The molecule has 0 aromatic rings. The summed E-state index contributed by atoms with van der Waals surface area (Å²) in [5, 5.41) is 8.63. The highest BCUT2D eigenvalue weighted by Crippen LogP contribution is 2.03. The molecule has 0 aliphatic rings. The first-order chi connectivity index (χ1) is 7.35. The summed E-state index contributed by atoms with van der Waals surface area (Å²) in [5.74, 6) is 0. The second kappa shape index (κ2) is 11.3. The third-order valence-corrected chi connectivity index (χ3v) is 2.30. The normalized spacial score (nSPS) is 12.9. The molecular formula is C13H23NO. The summed E-state index contributed by atoms with van der Waals surface area (Å²) >= 11 is 0. The van der Waals surface area contributed by atoms with Crippen LogP contribution in [0, 0.1) is 11.3 Å². The number of hydrogen-bond acceptors (Lipinski definition) is 2. The van der Waals surface area contributed by atoms with Crippen LogP contribution in [0.1, 0.15) is 52.4 Å². The molecule has 0 heterocycles. The van der Waals surface area contributed by atoms with Crippen LogP contribution < -0.4 is 0 Å². The number of rotatable bonds is 9. The maximum absolute atomic E-state index is 8.63. The van der Waals surface area contributed by atoms with Crippen molar-refractivity contribution in [2.45, 2.75) is 58.5 Å². The van der Waals surface area contributed by atoms with Gasteiger partial charge in [0.05, 0.1) is 12.7 Å². The molecule has 0 amide bonds. The van der Waals surface area contributed by atoms with E-state index in [-0.39, 0.29) is 6.10 Å². The molecule has 2 heteroatoms. The van der Waals surface area contributed by atoms with E-state index in [1.165, 1.54) is 25.7 Å². The molecule has 0 saturated carbocycles. The molecule has 0 bridgehead atoms. The predicted molar refractivity (Wildman–Crippen MR) is 63.5 cm³/mol. The highest BCUT2D eigenvalue weighted by atomic mass is 16.5. The maximum Gasteiger partial charge on any atom is 0.144 e. The molecule has 2 nitrogen and oxygen atoms in total. The maximum atomic E-state index is 8.63. The molecule has 0 rings (SSSR count). The Hall–Kier alpha value is -0.810. The van der Waals surface area contributed by atoms with Crippen LogP contribution in [0.4, 0.5) is 0 Å². The van der Waals surface area contributed by atoms with E-state index in [2.05, 4.69) is 19.1 Å². The van der Waals surface area contributed by atoms with Crippen LogP contribution in [-0.2, 0) is 4.74 Å². The van der Waals surface area contributed by atoms with Crippen molar-refractivity contribution >= 4 is 0 Å². The fourth-order valence-corrected chi connectivity index (χ4v) is 1.29. The molecule has 0 aromatic heterocycles.